The van der Waals surface area contributed by atoms with Crippen LogP contribution in [0.15, 0.2) is 30.6 Å². The van der Waals surface area contributed by atoms with Crippen molar-refractivity contribution < 1.29 is 4.79 Å². The number of amides is 2. The lowest BCUT2D eigenvalue weighted by Crippen LogP contribution is -2.31. The normalized spacial score (nSPS) is 10.3. The molecular formula is C13H15ClN4O. The fourth-order valence-corrected chi connectivity index (χ4v) is 1.75. The molecule has 0 aliphatic carbocycles. The second kappa shape index (κ2) is 5.75. The Morgan fingerprint density at radius 2 is 2.32 bits per heavy atom. The Kier molecular flexibility index (Phi) is 4.06. The molecule has 19 heavy (non-hydrogen) atoms. The number of nitrogens with one attached hydrogen (secondary N) is 2. The van der Waals surface area contributed by atoms with E-state index in [2.05, 4.69) is 15.3 Å². The quantitative estimate of drug-likeness (QED) is 0.906. The number of hydrogen-bond donors (Lipinski definition) is 2. The van der Waals surface area contributed by atoms with Crippen molar-refractivity contribution in [2.75, 3.05) is 12.4 Å². The Hall–Kier alpha value is -2.01. The number of rotatable bonds is 3. The standard InChI is InChI=1S/C13H15ClN4O/c1-9-3-4-10(7-11(9)14)17-13(19)18(2)8-12-15-5-6-16-12/h3-7H,8H2,1-2H3,(H,15,16)(H,17,19). The van der Waals surface area contributed by atoms with Crippen LogP contribution < -0.4 is 5.32 Å². The highest BCUT2D eigenvalue weighted by Gasteiger charge is 2.10. The van der Waals surface area contributed by atoms with Gasteiger partial charge >= 0.3 is 6.03 Å². The maximum Gasteiger partial charge on any atom is 0.321 e. The third-order valence-electron chi connectivity index (χ3n) is 2.71. The number of benzene rings is 1. The van der Waals surface area contributed by atoms with Crippen molar-refractivity contribution in [3.05, 3.63) is 47.0 Å². The van der Waals surface area contributed by atoms with Gasteiger partial charge in [0.1, 0.15) is 5.82 Å². The largest absolute Gasteiger partial charge is 0.347 e. The number of carbonyl (C=O) groups is 1. The molecule has 0 radical (unpaired) electrons. The van der Waals surface area contributed by atoms with Crippen LogP contribution in [0.1, 0.15) is 11.4 Å². The SMILES string of the molecule is Cc1ccc(NC(=O)N(C)Cc2ncc[nH]2)cc1Cl. The molecule has 2 amide bonds. The van der Waals surface area contributed by atoms with Crippen LogP contribution in [0.3, 0.4) is 0 Å². The predicted molar refractivity (Wildman–Crippen MR) is 75.3 cm³/mol. The van der Waals surface area contributed by atoms with Gasteiger partial charge in [0.05, 0.1) is 6.54 Å². The van der Waals surface area contributed by atoms with Gasteiger partial charge in [-0.3, -0.25) is 0 Å². The summed E-state index contributed by atoms with van der Waals surface area (Å²) in [6, 6.07) is 5.20. The lowest BCUT2D eigenvalue weighted by Gasteiger charge is -2.17. The van der Waals surface area contributed by atoms with Gasteiger partial charge in [0.15, 0.2) is 0 Å². The van der Waals surface area contributed by atoms with Gasteiger partial charge in [-0.2, -0.15) is 0 Å². The third kappa shape index (κ3) is 3.48. The molecule has 0 atom stereocenters. The van der Waals surface area contributed by atoms with Crippen LogP contribution in [0.2, 0.25) is 5.02 Å². The van der Waals surface area contributed by atoms with E-state index >= 15 is 0 Å². The van der Waals surface area contributed by atoms with E-state index in [0.717, 1.165) is 11.4 Å². The van der Waals surface area contributed by atoms with Crippen LogP contribution >= 0.6 is 11.6 Å². The van der Waals surface area contributed by atoms with E-state index in [1.54, 1.807) is 25.5 Å². The summed E-state index contributed by atoms with van der Waals surface area (Å²) < 4.78 is 0. The number of hydrogen-bond acceptors (Lipinski definition) is 2. The summed E-state index contributed by atoms with van der Waals surface area (Å²) >= 11 is 6.01. The average Bonchev–Trinajstić information content (AvgIpc) is 2.86. The molecule has 0 saturated carbocycles. The molecule has 100 valence electrons. The summed E-state index contributed by atoms with van der Waals surface area (Å²) in [4.78, 5) is 20.5. The van der Waals surface area contributed by atoms with Gasteiger partial charge in [0, 0.05) is 30.2 Å². The number of imidazole rings is 1. The van der Waals surface area contributed by atoms with Gasteiger partial charge in [-0.15, -0.1) is 0 Å². The summed E-state index contributed by atoms with van der Waals surface area (Å²) in [7, 11) is 1.70. The highest BCUT2D eigenvalue weighted by atomic mass is 35.5. The van der Waals surface area contributed by atoms with Crippen molar-refractivity contribution in [2.24, 2.45) is 0 Å². The zero-order valence-corrected chi connectivity index (χ0v) is 11.5. The number of halogens is 1. The maximum absolute atomic E-state index is 12.0. The minimum Gasteiger partial charge on any atom is -0.347 e. The number of carbonyl (C=O) groups excluding carboxylic acids is 1. The molecule has 2 aromatic rings. The molecule has 5 nitrogen and oxygen atoms in total. The predicted octanol–water partition coefficient (Wildman–Crippen LogP) is 3.04. The Morgan fingerprint density at radius 1 is 1.53 bits per heavy atom. The third-order valence-corrected chi connectivity index (χ3v) is 3.12. The average molecular weight is 279 g/mol. The van der Waals surface area contributed by atoms with Crippen LogP contribution in [0, 0.1) is 6.92 Å². The Bertz CT molecular complexity index is 568. The van der Waals surface area contributed by atoms with Crippen molar-refractivity contribution >= 4 is 23.3 Å². The number of urea groups is 1. The summed E-state index contributed by atoms with van der Waals surface area (Å²) in [6.45, 7) is 2.33. The lowest BCUT2D eigenvalue weighted by atomic mass is 10.2. The first-order chi connectivity index (χ1) is 9.06. The Balaban J connectivity index is 1.98. The minimum atomic E-state index is -0.212. The van der Waals surface area contributed by atoms with E-state index in [9.17, 15) is 4.79 Å². The van der Waals surface area contributed by atoms with E-state index in [1.807, 2.05) is 19.1 Å². The van der Waals surface area contributed by atoms with Crippen molar-refractivity contribution in [1.29, 1.82) is 0 Å². The molecule has 1 aromatic heterocycles. The molecule has 1 aromatic carbocycles. The van der Waals surface area contributed by atoms with Gasteiger partial charge in [-0.25, -0.2) is 9.78 Å². The van der Waals surface area contributed by atoms with E-state index in [-0.39, 0.29) is 6.03 Å². The topological polar surface area (TPSA) is 61.0 Å². The summed E-state index contributed by atoms with van der Waals surface area (Å²) in [6.07, 6.45) is 3.38. The molecule has 0 bridgehead atoms. The van der Waals surface area contributed by atoms with Crippen LogP contribution in [0.4, 0.5) is 10.5 Å². The fourth-order valence-electron chi connectivity index (χ4n) is 1.57. The number of aromatic nitrogens is 2. The zero-order chi connectivity index (χ0) is 13.8. The summed E-state index contributed by atoms with van der Waals surface area (Å²) in [5.41, 5.74) is 1.65. The highest BCUT2D eigenvalue weighted by Crippen LogP contribution is 2.20. The second-order valence-electron chi connectivity index (χ2n) is 4.29. The van der Waals surface area contributed by atoms with E-state index in [0.29, 0.717) is 17.3 Å². The second-order valence-corrected chi connectivity index (χ2v) is 4.69. The van der Waals surface area contributed by atoms with Gasteiger partial charge < -0.3 is 15.2 Å². The number of aryl methyl sites for hydroxylation is 1. The number of nitrogens with zero attached hydrogens (tertiary/aromatic N) is 2. The number of anilines is 1. The fraction of sp³-hybridized carbons (Fsp3) is 0.231. The van der Waals surface area contributed by atoms with Gasteiger partial charge in [0.25, 0.3) is 0 Å². The molecule has 0 spiro atoms. The van der Waals surface area contributed by atoms with Crippen molar-refractivity contribution in [1.82, 2.24) is 14.9 Å². The van der Waals surface area contributed by atoms with Crippen molar-refractivity contribution in [3.8, 4) is 0 Å². The molecule has 0 unspecified atom stereocenters. The lowest BCUT2D eigenvalue weighted by molar-refractivity contribution is 0.219. The van der Waals surface area contributed by atoms with E-state index in [4.69, 9.17) is 11.6 Å². The van der Waals surface area contributed by atoms with Crippen molar-refractivity contribution in [2.45, 2.75) is 13.5 Å². The molecule has 0 saturated heterocycles. The zero-order valence-electron chi connectivity index (χ0n) is 10.8. The Labute approximate surface area is 116 Å². The first-order valence-electron chi connectivity index (χ1n) is 5.83. The number of aromatic amines is 1. The smallest absolute Gasteiger partial charge is 0.321 e. The van der Waals surface area contributed by atoms with Crippen LogP contribution in [0.25, 0.3) is 0 Å². The molecule has 1 heterocycles. The van der Waals surface area contributed by atoms with Gasteiger partial charge in [-0.1, -0.05) is 17.7 Å². The molecule has 0 aliphatic heterocycles. The van der Waals surface area contributed by atoms with Gasteiger partial charge in [0.2, 0.25) is 0 Å². The monoisotopic (exact) mass is 278 g/mol. The molecule has 6 heteroatoms. The molecule has 2 N–H and O–H groups in total. The van der Waals surface area contributed by atoms with Crippen LogP contribution in [-0.4, -0.2) is 27.9 Å². The highest BCUT2D eigenvalue weighted by molar-refractivity contribution is 6.31. The minimum absolute atomic E-state index is 0.212. The summed E-state index contributed by atoms with van der Waals surface area (Å²) in [5, 5.41) is 3.41. The van der Waals surface area contributed by atoms with Crippen molar-refractivity contribution in [3.63, 3.8) is 0 Å². The molecule has 0 fully saturated rings. The first kappa shape index (κ1) is 13.4. The first-order valence-corrected chi connectivity index (χ1v) is 6.20. The maximum atomic E-state index is 12.0. The van der Waals surface area contributed by atoms with E-state index < -0.39 is 0 Å². The summed E-state index contributed by atoms with van der Waals surface area (Å²) in [5.74, 6) is 0.736. The molecule has 0 aliphatic rings. The molecule has 2 rings (SSSR count). The van der Waals surface area contributed by atoms with Crippen LogP contribution in [0.5, 0.6) is 0 Å². The Morgan fingerprint density at radius 3 is 2.95 bits per heavy atom. The van der Waals surface area contributed by atoms with Gasteiger partial charge in [-0.05, 0) is 24.6 Å². The molecular weight excluding hydrogens is 264 g/mol. The number of H-pyrrole nitrogens is 1. The van der Waals surface area contributed by atoms with E-state index in [1.165, 1.54) is 4.90 Å². The van der Waals surface area contributed by atoms with Crippen LogP contribution in [-0.2, 0) is 6.54 Å².